The molecule has 206 valence electrons. The molecule has 39 heavy (non-hydrogen) atoms. The van der Waals surface area contributed by atoms with Gasteiger partial charge in [-0.15, -0.1) is 13.2 Å². The van der Waals surface area contributed by atoms with E-state index >= 15 is 4.39 Å². The molecule has 1 atom stereocenters. The van der Waals surface area contributed by atoms with Crippen LogP contribution in [0.15, 0.2) is 30.5 Å². The van der Waals surface area contributed by atoms with Crippen molar-refractivity contribution in [2.45, 2.75) is 63.2 Å². The Morgan fingerprint density at radius 2 is 1.95 bits per heavy atom. The minimum atomic E-state index is -4.89. The number of alkyl carbamates (subject to hydrolysis) is 1. The van der Waals surface area contributed by atoms with Gasteiger partial charge in [0.15, 0.2) is 0 Å². The van der Waals surface area contributed by atoms with Gasteiger partial charge in [-0.25, -0.2) is 14.2 Å². The van der Waals surface area contributed by atoms with E-state index in [1.165, 1.54) is 35.4 Å². The van der Waals surface area contributed by atoms with Crippen molar-refractivity contribution < 1.29 is 46.2 Å². The number of carbonyl (C=O) groups is 4. The van der Waals surface area contributed by atoms with Crippen LogP contribution in [0.1, 0.15) is 58.6 Å². The van der Waals surface area contributed by atoms with Gasteiger partial charge in [0.05, 0.1) is 5.56 Å². The Kier molecular flexibility index (Phi) is 6.87. The largest absolute Gasteiger partial charge is 0.574 e. The lowest BCUT2D eigenvalue weighted by Crippen LogP contribution is -2.52. The number of fused-ring (bicyclic) bond motifs is 1. The Balaban J connectivity index is 1.15. The van der Waals surface area contributed by atoms with Crippen LogP contribution in [0.4, 0.5) is 22.4 Å². The first-order valence-electron chi connectivity index (χ1n) is 12.1. The van der Waals surface area contributed by atoms with Crippen LogP contribution < -0.4 is 15.4 Å². The maximum absolute atomic E-state index is 15.2. The first kappa shape index (κ1) is 26.4. The Bertz CT molecular complexity index is 1340. The van der Waals surface area contributed by atoms with Crippen LogP contribution in [0.3, 0.4) is 0 Å². The van der Waals surface area contributed by atoms with Crippen molar-refractivity contribution >= 4 is 23.8 Å². The SMILES string of the molecule is O=C1CC[C@H](N2Cc3ccc(CNC(=O)OC4CC(c5cccnc5OC(F)(F)F)C4)c(F)c3C2=O)C(=O)N1. The number of ether oxygens (including phenoxy) is 2. The van der Waals surface area contributed by atoms with E-state index in [0.29, 0.717) is 5.56 Å². The van der Waals surface area contributed by atoms with Gasteiger partial charge in [0.25, 0.3) is 5.91 Å². The molecule has 1 saturated carbocycles. The average Bonchev–Trinajstić information content (AvgIpc) is 3.17. The summed E-state index contributed by atoms with van der Waals surface area (Å²) < 4.78 is 62.3. The van der Waals surface area contributed by atoms with Crippen LogP contribution in [0.2, 0.25) is 0 Å². The van der Waals surface area contributed by atoms with E-state index in [2.05, 4.69) is 20.4 Å². The lowest BCUT2D eigenvalue weighted by atomic mass is 9.78. The van der Waals surface area contributed by atoms with Crippen molar-refractivity contribution in [3.05, 3.63) is 58.5 Å². The minimum absolute atomic E-state index is 0.0165. The number of piperidine rings is 1. The summed E-state index contributed by atoms with van der Waals surface area (Å²) in [6, 6.07) is 5.02. The van der Waals surface area contributed by atoms with Gasteiger partial charge in [-0.3, -0.25) is 19.7 Å². The molecular weight excluding hydrogens is 528 g/mol. The summed E-state index contributed by atoms with van der Waals surface area (Å²) in [4.78, 5) is 53.6. The molecule has 10 nitrogen and oxygen atoms in total. The summed E-state index contributed by atoms with van der Waals surface area (Å²) in [7, 11) is 0. The highest BCUT2D eigenvalue weighted by Crippen LogP contribution is 2.42. The molecule has 1 aromatic heterocycles. The van der Waals surface area contributed by atoms with E-state index in [0.717, 1.165) is 0 Å². The van der Waals surface area contributed by atoms with E-state index in [1.54, 1.807) is 0 Å². The maximum atomic E-state index is 15.2. The predicted molar refractivity (Wildman–Crippen MR) is 122 cm³/mol. The zero-order chi connectivity index (χ0) is 27.9. The Labute approximate surface area is 218 Å². The third kappa shape index (κ3) is 5.49. The number of nitrogens with zero attached hydrogens (tertiary/aromatic N) is 2. The average molecular weight is 550 g/mol. The van der Waals surface area contributed by atoms with Crippen molar-refractivity contribution in [1.82, 2.24) is 20.5 Å². The Morgan fingerprint density at radius 3 is 2.67 bits per heavy atom. The van der Waals surface area contributed by atoms with E-state index in [1.807, 2.05) is 0 Å². The van der Waals surface area contributed by atoms with Crippen LogP contribution in [0.5, 0.6) is 5.88 Å². The fourth-order valence-electron chi connectivity index (χ4n) is 4.97. The van der Waals surface area contributed by atoms with Gasteiger partial charge in [0, 0.05) is 36.8 Å². The second-order valence-corrected chi connectivity index (χ2v) is 9.47. The molecule has 1 aromatic carbocycles. The lowest BCUT2D eigenvalue weighted by molar-refractivity contribution is -0.276. The molecule has 0 spiro atoms. The summed E-state index contributed by atoms with van der Waals surface area (Å²) in [6.45, 7) is -0.269. The zero-order valence-electron chi connectivity index (χ0n) is 20.2. The molecule has 3 aliphatic rings. The number of halogens is 4. The number of hydrogen-bond acceptors (Lipinski definition) is 7. The van der Waals surface area contributed by atoms with Crippen molar-refractivity contribution in [3.8, 4) is 5.88 Å². The van der Waals surface area contributed by atoms with Gasteiger partial charge in [-0.05, 0) is 36.8 Å². The number of rotatable bonds is 6. The van der Waals surface area contributed by atoms with Crippen LogP contribution >= 0.6 is 0 Å². The molecule has 2 aromatic rings. The molecule has 14 heteroatoms. The summed E-state index contributed by atoms with van der Waals surface area (Å²) in [5, 5.41) is 4.59. The van der Waals surface area contributed by atoms with Crippen molar-refractivity contribution in [3.63, 3.8) is 0 Å². The molecule has 0 bridgehead atoms. The van der Waals surface area contributed by atoms with Crippen LogP contribution in [-0.4, -0.2) is 52.2 Å². The smallest absolute Gasteiger partial charge is 0.446 e. The number of imide groups is 1. The van der Waals surface area contributed by atoms with Gasteiger partial charge in [-0.2, -0.15) is 0 Å². The summed E-state index contributed by atoms with van der Waals surface area (Å²) in [5.74, 6) is -3.43. The van der Waals surface area contributed by atoms with Crippen molar-refractivity contribution in [2.24, 2.45) is 0 Å². The molecule has 1 saturated heterocycles. The number of benzene rings is 1. The molecule has 5 rings (SSSR count). The Morgan fingerprint density at radius 1 is 1.18 bits per heavy atom. The predicted octanol–water partition coefficient (Wildman–Crippen LogP) is 3.05. The minimum Gasteiger partial charge on any atom is -0.446 e. The Hall–Kier alpha value is -4.23. The molecular formula is C25H22F4N4O6. The fraction of sp³-hybridized carbons (Fsp3) is 0.400. The van der Waals surface area contributed by atoms with Gasteiger partial charge in [0.2, 0.25) is 17.7 Å². The molecule has 0 radical (unpaired) electrons. The van der Waals surface area contributed by atoms with Crippen LogP contribution in [-0.2, 0) is 27.4 Å². The van der Waals surface area contributed by atoms with Gasteiger partial charge < -0.3 is 19.7 Å². The summed E-state index contributed by atoms with van der Waals surface area (Å²) in [5.41, 5.74) is 0.479. The second kappa shape index (κ2) is 10.2. The number of carbonyl (C=O) groups excluding carboxylic acids is 4. The highest BCUT2D eigenvalue weighted by atomic mass is 19.4. The van der Waals surface area contributed by atoms with Gasteiger partial charge in [0.1, 0.15) is 18.0 Å². The maximum Gasteiger partial charge on any atom is 0.574 e. The second-order valence-electron chi connectivity index (χ2n) is 9.47. The van der Waals surface area contributed by atoms with E-state index in [-0.39, 0.29) is 61.4 Å². The van der Waals surface area contributed by atoms with Crippen molar-refractivity contribution in [2.75, 3.05) is 0 Å². The van der Waals surface area contributed by atoms with Crippen LogP contribution in [0.25, 0.3) is 0 Å². The summed E-state index contributed by atoms with van der Waals surface area (Å²) in [6.07, 6.45) is -4.40. The molecule has 2 N–H and O–H groups in total. The summed E-state index contributed by atoms with van der Waals surface area (Å²) >= 11 is 0. The first-order chi connectivity index (χ1) is 18.5. The van der Waals surface area contributed by atoms with E-state index in [9.17, 15) is 32.3 Å². The highest BCUT2D eigenvalue weighted by molar-refractivity contribution is 6.05. The third-order valence-corrected chi connectivity index (χ3v) is 6.95. The fourth-order valence-corrected chi connectivity index (χ4v) is 4.97. The molecule has 4 amide bonds. The van der Waals surface area contributed by atoms with Crippen LogP contribution in [0, 0.1) is 5.82 Å². The molecule has 2 fully saturated rings. The van der Waals surface area contributed by atoms with E-state index < -0.39 is 54.0 Å². The van der Waals surface area contributed by atoms with Gasteiger partial charge >= 0.3 is 12.5 Å². The molecule has 0 unspecified atom stereocenters. The number of aromatic nitrogens is 1. The normalized spacial score (nSPS) is 22.6. The number of alkyl halides is 3. The lowest BCUT2D eigenvalue weighted by Gasteiger charge is -2.35. The van der Waals surface area contributed by atoms with E-state index in [4.69, 9.17) is 4.74 Å². The first-order valence-corrected chi connectivity index (χ1v) is 12.1. The molecule has 3 heterocycles. The monoisotopic (exact) mass is 550 g/mol. The number of nitrogens with one attached hydrogen (secondary N) is 2. The van der Waals surface area contributed by atoms with Gasteiger partial charge in [-0.1, -0.05) is 18.2 Å². The standard InChI is InChI=1S/C25H22F4N4O6/c26-20-12(3-4-13-11-33(23(36)19(13)20)17-5-6-18(34)32-21(17)35)10-31-24(37)38-15-8-14(9-15)16-2-1-7-30-22(16)39-25(27,28)29/h1-4,7,14-15,17H,5-6,8-11H2,(H,31,37)(H,32,34,35)/t14?,15?,17-/m0/s1. The molecule has 1 aliphatic carbocycles. The highest BCUT2D eigenvalue weighted by Gasteiger charge is 2.41. The number of hydrogen-bond donors (Lipinski definition) is 2. The number of amides is 4. The van der Waals surface area contributed by atoms with Crippen molar-refractivity contribution in [1.29, 1.82) is 0 Å². The topological polar surface area (TPSA) is 127 Å². The third-order valence-electron chi connectivity index (χ3n) is 6.95. The number of pyridine rings is 1. The quantitative estimate of drug-likeness (QED) is 0.418. The molecule has 2 aliphatic heterocycles. The zero-order valence-corrected chi connectivity index (χ0v) is 20.2.